The van der Waals surface area contributed by atoms with Crippen molar-refractivity contribution in [2.45, 2.75) is 0 Å². The summed E-state index contributed by atoms with van der Waals surface area (Å²) in [5.41, 5.74) is 2.84. The molecule has 4 aromatic carbocycles. The van der Waals surface area contributed by atoms with Gasteiger partial charge in [-0.1, -0.05) is 23.7 Å². The van der Waals surface area contributed by atoms with Gasteiger partial charge in [-0.3, -0.25) is 29.8 Å². The number of hydrogen-bond acceptors (Lipinski definition) is 6. The first kappa shape index (κ1) is 25.2. The van der Waals surface area contributed by atoms with E-state index in [9.17, 15) is 29.8 Å². The molecule has 0 atom stereocenters. The van der Waals surface area contributed by atoms with Gasteiger partial charge in [0.05, 0.1) is 9.85 Å². The van der Waals surface area contributed by atoms with Gasteiger partial charge in [0.1, 0.15) is 0 Å². The first-order valence-electron chi connectivity index (χ1n) is 11.1. The van der Waals surface area contributed by atoms with Crippen LogP contribution >= 0.6 is 0 Å². The lowest BCUT2D eigenvalue weighted by Crippen LogP contribution is -2.14. The Morgan fingerprint density at radius 3 is 0.921 bits per heavy atom. The number of carbonyl (C=O) groups excluding carboxylic acids is 2. The molecule has 4 rings (SSSR count). The summed E-state index contributed by atoms with van der Waals surface area (Å²) in [5.74, 6) is 10.3. The highest BCUT2D eigenvalue weighted by Crippen LogP contribution is 2.14. The van der Waals surface area contributed by atoms with E-state index in [2.05, 4.69) is 23.7 Å². The monoisotopic (exact) mass is 500 g/mol. The van der Waals surface area contributed by atoms with Crippen molar-refractivity contribution in [2.24, 2.45) is 0 Å². The van der Waals surface area contributed by atoms with Crippen molar-refractivity contribution < 1.29 is 19.4 Å². The van der Waals surface area contributed by atoms with E-state index in [0.29, 0.717) is 22.3 Å². The van der Waals surface area contributed by atoms with Crippen molar-refractivity contribution >= 4 is 22.9 Å². The molecule has 0 N–H and O–H groups in total. The van der Waals surface area contributed by atoms with Crippen LogP contribution in [-0.2, 0) is 0 Å². The number of nitro groups is 2. The molecule has 0 fully saturated rings. The highest BCUT2D eigenvalue weighted by Gasteiger charge is 2.18. The molecule has 8 nitrogen and oxygen atoms in total. The van der Waals surface area contributed by atoms with Crippen molar-refractivity contribution in [1.29, 1.82) is 0 Å². The summed E-state index contributed by atoms with van der Waals surface area (Å²) in [6.45, 7) is 0. The number of carbonyl (C=O) groups is 2. The summed E-state index contributed by atoms with van der Waals surface area (Å²) in [7, 11) is 0. The molecular formula is C30H16N2O6. The van der Waals surface area contributed by atoms with Gasteiger partial charge in [-0.25, -0.2) is 0 Å². The Labute approximate surface area is 216 Å². The molecule has 8 heteroatoms. The van der Waals surface area contributed by atoms with Crippen LogP contribution in [0.5, 0.6) is 0 Å². The van der Waals surface area contributed by atoms with Crippen molar-refractivity contribution in [3.63, 3.8) is 0 Å². The third-order valence-corrected chi connectivity index (χ3v) is 5.36. The van der Waals surface area contributed by atoms with E-state index < -0.39 is 21.4 Å². The van der Waals surface area contributed by atoms with Gasteiger partial charge in [0.2, 0.25) is 11.6 Å². The van der Waals surface area contributed by atoms with E-state index in [-0.39, 0.29) is 22.5 Å². The normalized spacial score (nSPS) is 9.79. The minimum atomic E-state index is -0.662. The Hall–Kier alpha value is -5.86. The maximum Gasteiger partial charge on any atom is 0.269 e. The zero-order chi connectivity index (χ0) is 27.1. The SMILES string of the molecule is O=C(C(=O)c1ccc(C#Cc2ccc([N+](=O)[O-])cc2)cc1)c1ccc(C#Cc2ccc([N+](=O)[O-])cc2)cc1. The van der Waals surface area contributed by atoms with Crippen LogP contribution in [0.1, 0.15) is 43.0 Å². The maximum absolute atomic E-state index is 12.7. The first-order valence-corrected chi connectivity index (χ1v) is 11.1. The van der Waals surface area contributed by atoms with Crippen LogP contribution < -0.4 is 0 Å². The van der Waals surface area contributed by atoms with Gasteiger partial charge in [0, 0.05) is 57.6 Å². The quantitative estimate of drug-likeness (QED) is 0.119. The third-order valence-electron chi connectivity index (χ3n) is 5.36. The van der Waals surface area contributed by atoms with Crippen LogP contribution in [0.2, 0.25) is 0 Å². The Morgan fingerprint density at radius 2 is 0.684 bits per heavy atom. The lowest BCUT2D eigenvalue weighted by Gasteiger charge is -2.02. The van der Waals surface area contributed by atoms with Crippen LogP contribution in [0.15, 0.2) is 97.1 Å². The second-order valence-electron chi connectivity index (χ2n) is 7.92. The number of nitrogens with zero attached hydrogens (tertiary/aromatic N) is 2. The maximum atomic E-state index is 12.7. The predicted octanol–water partition coefficient (Wildman–Crippen LogP) is 5.37. The fourth-order valence-electron chi connectivity index (χ4n) is 3.29. The van der Waals surface area contributed by atoms with Gasteiger partial charge in [-0.2, -0.15) is 0 Å². The molecule has 4 aromatic rings. The zero-order valence-corrected chi connectivity index (χ0v) is 19.6. The molecule has 0 radical (unpaired) electrons. The average molecular weight is 500 g/mol. The van der Waals surface area contributed by atoms with Gasteiger partial charge in [-0.05, 0) is 72.8 Å². The minimum Gasteiger partial charge on any atom is -0.285 e. The highest BCUT2D eigenvalue weighted by molar-refractivity contribution is 6.49. The van der Waals surface area contributed by atoms with Gasteiger partial charge < -0.3 is 0 Å². The molecule has 0 bridgehead atoms. The molecular weight excluding hydrogens is 484 g/mol. The predicted molar refractivity (Wildman–Crippen MR) is 140 cm³/mol. The van der Waals surface area contributed by atoms with Crippen LogP contribution in [0.4, 0.5) is 11.4 Å². The van der Waals surface area contributed by atoms with Crippen LogP contribution in [0.25, 0.3) is 0 Å². The number of Topliss-reactive ketones (excluding diaryl/α,β-unsaturated/α-hetero) is 2. The smallest absolute Gasteiger partial charge is 0.269 e. The number of benzene rings is 4. The lowest BCUT2D eigenvalue weighted by molar-refractivity contribution is -0.385. The van der Waals surface area contributed by atoms with E-state index in [1.807, 2.05) is 0 Å². The van der Waals surface area contributed by atoms with Gasteiger partial charge in [-0.15, -0.1) is 0 Å². The summed E-state index contributed by atoms with van der Waals surface area (Å²) < 4.78 is 0. The molecule has 0 aliphatic rings. The van der Waals surface area contributed by atoms with Crippen LogP contribution in [0.3, 0.4) is 0 Å². The molecule has 182 valence electrons. The van der Waals surface area contributed by atoms with Crippen LogP contribution in [-0.4, -0.2) is 21.4 Å². The Kier molecular flexibility index (Phi) is 7.47. The van der Waals surface area contributed by atoms with E-state index in [1.165, 1.54) is 48.5 Å². The fraction of sp³-hybridized carbons (Fsp3) is 0. The number of rotatable bonds is 5. The average Bonchev–Trinajstić information content (AvgIpc) is 2.95. The van der Waals surface area contributed by atoms with Gasteiger partial charge in [0.15, 0.2) is 0 Å². The molecule has 0 aromatic heterocycles. The van der Waals surface area contributed by atoms with E-state index >= 15 is 0 Å². The number of non-ortho nitro benzene ring substituents is 2. The zero-order valence-electron chi connectivity index (χ0n) is 19.6. The fourth-order valence-corrected chi connectivity index (χ4v) is 3.29. The standard InChI is InChI=1S/C30H16N2O6/c33-29(25-13-5-21(6-14-25)1-3-23-9-17-27(18-10-23)31(35)36)30(34)26-15-7-22(8-16-26)2-4-24-11-19-28(20-12-24)32(37)38/h5-20H. The van der Waals surface area contributed by atoms with E-state index in [1.54, 1.807) is 48.5 Å². The number of hydrogen-bond donors (Lipinski definition) is 0. The summed E-state index contributed by atoms with van der Waals surface area (Å²) in [5, 5.41) is 21.5. The lowest BCUT2D eigenvalue weighted by atomic mass is 9.99. The van der Waals surface area contributed by atoms with Gasteiger partial charge >= 0.3 is 0 Å². The Bertz CT molecular complexity index is 1540. The second-order valence-corrected chi connectivity index (χ2v) is 7.92. The highest BCUT2D eigenvalue weighted by atomic mass is 16.6. The molecule has 0 saturated heterocycles. The van der Waals surface area contributed by atoms with E-state index in [4.69, 9.17) is 0 Å². The van der Waals surface area contributed by atoms with Crippen molar-refractivity contribution in [1.82, 2.24) is 0 Å². The summed E-state index contributed by atoms with van der Waals surface area (Å²) in [6, 6.07) is 24.2. The summed E-state index contributed by atoms with van der Waals surface area (Å²) in [6.07, 6.45) is 0. The molecule has 0 aliphatic carbocycles. The molecule has 0 amide bonds. The second kappa shape index (κ2) is 11.3. The number of nitro benzene ring substituents is 2. The topological polar surface area (TPSA) is 120 Å². The first-order chi connectivity index (χ1) is 18.3. The Balaban J connectivity index is 1.40. The number of ketones is 2. The molecule has 0 heterocycles. The molecule has 38 heavy (non-hydrogen) atoms. The van der Waals surface area contributed by atoms with Crippen LogP contribution in [0, 0.1) is 43.9 Å². The minimum absolute atomic E-state index is 0.0205. The molecule has 0 unspecified atom stereocenters. The largest absolute Gasteiger partial charge is 0.285 e. The van der Waals surface area contributed by atoms with Crippen molar-refractivity contribution in [2.75, 3.05) is 0 Å². The van der Waals surface area contributed by atoms with E-state index in [0.717, 1.165) is 0 Å². The third kappa shape index (κ3) is 6.22. The molecule has 0 aliphatic heterocycles. The molecule has 0 saturated carbocycles. The Morgan fingerprint density at radius 1 is 0.447 bits per heavy atom. The molecule has 0 spiro atoms. The van der Waals surface area contributed by atoms with Gasteiger partial charge in [0.25, 0.3) is 11.4 Å². The van der Waals surface area contributed by atoms with Crippen molar-refractivity contribution in [3.05, 3.63) is 151 Å². The van der Waals surface area contributed by atoms with Crippen molar-refractivity contribution in [3.8, 4) is 23.7 Å². The summed E-state index contributed by atoms with van der Waals surface area (Å²) in [4.78, 5) is 45.8. The summed E-state index contributed by atoms with van der Waals surface area (Å²) >= 11 is 0.